The molecule has 0 saturated carbocycles. The quantitative estimate of drug-likeness (QED) is 0.784. The molecule has 8 nitrogen and oxygen atoms in total. The molecule has 0 amide bonds. The van der Waals surface area contributed by atoms with Crippen LogP contribution >= 0.6 is 0 Å². The standard InChI is InChI=1S/C21H30N6O2/c1-2-3-19-22-13-16(14-23-19)15-26-6-4-17(5-7-26)18-12-20(28)25-21(24-18)27-8-10-29-11-9-27/h12-14,17H,2-11,15H2,1H3,(H,24,25,28)/p+1. The Hall–Kier alpha value is -2.32. The summed E-state index contributed by atoms with van der Waals surface area (Å²) in [6, 6.07) is 1.68. The van der Waals surface area contributed by atoms with Crippen LogP contribution in [0.25, 0.3) is 0 Å². The van der Waals surface area contributed by atoms with Gasteiger partial charge < -0.3 is 9.64 Å². The third-order valence-electron chi connectivity index (χ3n) is 5.77. The summed E-state index contributed by atoms with van der Waals surface area (Å²) in [6.07, 6.45) is 8.19. The monoisotopic (exact) mass is 399 g/mol. The van der Waals surface area contributed by atoms with Crippen LogP contribution in [-0.2, 0) is 17.7 Å². The number of anilines is 1. The molecule has 2 N–H and O–H groups in total. The number of rotatable bonds is 6. The second-order valence-electron chi connectivity index (χ2n) is 7.96. The molecular weight excluding hydrogens is 368 g/mol. The predicted octanol–water partition coefficient (Wildman–Crippen LogP) is 1.15. The normalized spacial score (nSPS) is 18.9. The van der Waals surface area contributed by atoms with Crippen LogP contribution in [0.3, 0.4) is 0 Å². The number of morpholine rings is 1. The Kier molecular flexibility index (Phi) is 6.51. The summed E-state index contributed by atoms with van der Waals surface area (Å²) in [5.74, 6) is 2.07. The Labute approximate surface area is 171 Å². The van der Waals surface area contributed by atoms with Gasteiger partial charge in [0.2, 0.25) is 5.95 Å². The van der Waals surface area contributed by atoms with Gasteiger partial charge >= 0.3 is 0 Å². The number of hydrogen-bond donors (Lipinski definition) is 1. The Morgan fingerprint density at radius 3 is 2.72 bits per heavy atom. The maximum atomic E-state index is 12.2. The van der Waals surface area contributed by atoms with Crippen LogP contribution in [0.15, 0.2) is 23.3 Å². The molecule has 0 bridgehead atoms. The minimum absolute atomic E-state index is 0.0623. The van der Waals surface area contributed by atoms with Gasteiger partial charge in [-0.15, -0.1) is 0 Å². The van der Waals surface area contributed by atoms with Gasteiger partial charge in [-0.3, -0.25) is 14.7 Å². The number of likely N-dealkylation sites (tertiary alicyclic amines) is 1. The van der Waals surface area contributed by atoms with Crippen LogP contribution in [0.2, 0.25) is 0 Å². The predicted molar refractivity (Wildman–Crippen MR) is 110 cm³/mol. The first-order valence-electron chi connectivity index (χ1n) is 10.7. The van der Waals surface area contributed by atoms with E-state index in [1.54, 1.807) is 6.07 Å². The molecule has 0 atom stereocenters. The maximum Gasteiger partial charge on any atom is 0.296 e. The van der Waals surface area contributed by atoms with Gasteiger partial charge in [-0.25, -0.2) is 9.97 Å². The van der Waals surface area contributed by atoms with Crippen LogP contribution in [0, 0.1) is 0 Å². The number of nitrogens with one attached hydrogen (secondary N) is 2. The summed E-state index contributed by atoms with van der Waals surface area (Å²) in [5.41, 5.74) is 2.08. The molecule has 8 heteroatoms. The largest absolute Gasteiger partial charge is 0.378 e. The fraction of sp³-hybridized carbons (Fsp3) is 0.619. The van der Waals surface area contributed by atoms with Gasteiger partial charge in [0.25, 0.3) is 11.4 Å². The first-order valence-corrected chi connectivity index (χ1v) is 10.7. The van der Waals surface area contributed by atoms with E-state index in [-0.39, 0.29) is 5.56 Å². The molecule has 2 saturated heterocycles. The Morgan fingerprint density at radius 2 is 2.03 bits per heavy atom. The summed E-state index contributed by atoms with van der Waals surface area (Å²) in [4.78, 5) is 32.3. The first kappa shape index (κ1) is 20.0. The van der Waals surface area contributed by atoms with Gasteiger partial charge in [-0.05, 0) is 32.4 Å². The van der Waals surface area contributed by atoms with Crippen molar-refractivity contribution in [1.29, 1.82) is 0 Å². The number of nitrogens with zero attached hydrogens (tertiary/aromatic N) is 4. The lowest BCUT2D eigenvalue weighted by molar-refractivity contribution is -0.396. The van der Waals surface area contributed by atoms with Crippen molar-refractivity contribution in [3.05, 3.63) is 45.9 Å². The molecule has 2 fully saturated rings. The van der Waals surface area contributed by atoms with E-state index in [9.17, 15) is 4.79 Å². The van der Waals surface area contributed by atoms with Gasteiger partial charge in [0.05, 0.1) is 31.5 Å². The third-order valence-corrected chi connectivity index (χ3v) is 5.77. The van der Waals surface area contributed by atoms with Crippen molar-refractivity contribution in [3.8, 4) is 0 Å². The molecule has 2 aromatic heterocycles. The summed E-state index contributed by atoms with van der Waals surface area (Å²) < 4.78 is 5.40. The van der Waals surface area contributed by atoms with E-state index >= 15 is 0 Å². The zero-order valence-corrected chi connectivity index (χ0v) is 17.2. The van der Waals surface area contributed by atoms with E-state index in [2.05, 4.69) is 37.9 Å². The highest BCUT2D eigenvalue weighted by Crippen LogP contribution is 2.27. The zero-order chi connectivity index (χ0) is 20.1. The van der Waals surface area contributed by atoms with Gasteiger partial charge in [0.1, 0.15) is 6.20 Å². The summed E-state index contributed by atoms with van der Waals surface area (Å²) in [5, 5.41) is 0. The molecule has 0 spiro atoms. The minimum Gasteiger partial charge on any atom is -0.378 e. The summed E-state index contributed by atoms with van der Waals surface area (Å²) >= 11 is 0. The molecule has 2 aliphatic heterocycles. The number of piperidine rings is 1. The number of H-pyrrole nitrogens is 2. The van der Waals surface area contributed by atoms with Crippen LogP contribution in [0.5, 0.6) is 0 Å². The van der Waals surface area contributed by atoms with Crippen LogP contribution < -0.4 is 15.4 Å². The fourth-order valence-corrected chi connectivity index (χ4v) is 4.11. The van der Waals surface area contributed by atoms with E-state index in [0.717, 1.165) is 69.9 Å². The van der Waals surface area contributed by atoms with Crippen molar-refractivity contribution >= 4 is 5.95 Å². The number of aryl methyl sites for hydroxylation is 1. The molecule has 0 unspecified atom stereocenters. The summed E-state index contributed by atoms with van der Waals surface area (Å²) in [6.45, 7) is 7.97. The lowest BCUT2D eigenvalue weighted by Gasteiger charge is -2.32. The van der Waals surface area contributed by atoms with Crippen molar-refractivity contribution < 1.29 is 9.72 Å². The van der Waals surface area contributed by atoms with Crippen molar-refractivity contribution in [3.63, 3.8) is 0 Å². The average Bonchev–Trinajstić information content (AvgIpc) is 2.76. The van der Waals surface area contributed by atoms with E-state index in [4.69, 9.17) is 9.72 Å². The van der Waals surface area contributed by atoms with Crippen molar-refractivity contribution in [2.75, 3.05) is 44.3 Å². The Balaban J connectivity index is 1.35. The number of aromatic nitrogens is 4. The SMILES string of the molecule is CCCc1ncc(CN2CCC(c3cc(=O)[nH]c(N4CCOCC4)n3)CC2)c[nH+]1. The van der Waals surface area contributed by atoms with Crippen LogP contribution in [0.1, 0.15) is 49.2 Å². The average molecular weight is 400 g/mol. The zero-order valence-electron chi connectivity index (χ0n) is 17.2. The highest BCUT2D eigenvalue weighted by molar-refractivity contribution is 5.31. The lowest BCUT2D eigenvalue weighted by atomic mass is 9.93. The van der Waals surface area contributed by atoms with Gasteiger partial charge in [-0.1, -0.05) is 11.9 Å². The molecule has 0 aromatic carbocycles. The van der Waals surface area contributed by atoms with E-state index in [1.807, 2.05) is 6.20 Å². The topological polar surface area (TPSA) is 88.5 Å². The summed E-state index contributed by atoms with van der Waals surface area (Å²) in [7, 11) is 0. The van der Waals surface area contributed by atoms with Crippen LogP contribution in [-0.4, -0.2) is 59.2 Å². The fourth-order valence-electron chi connectivity index (χ4n) is 4.11. The van der Waals surface area contributed by atoms with E-state index in [0.29, 0.717) is 25.1 Å². The van der Waals surface area contributed by atoms with E-state index in [1.165, 1.54) is 5.56 Å². The molecule has 156 valence electrons. The number of aromatic amines is 2. The molecule has 2 aromatic rings. The highest BCUT2D eigenvalue weighted by atomic mass is 16.5. The van der Waals surface area contributed by atoms with Gasteiger partial charge in [0.15, 0.2) is 0 Å². The molecular formula is C21H31N6O2+. The van der Waals surface area contributed by atoms with Crippen molar-refractivity contribution in [2.45, 2.75) is 45.1 Å². The smallest absolute Gasteiger partial charge is 0.296 e. The molecule has 0 aliphatic carbocycles. The highest BCUT2D eigenvalue weighted by Gasteiger charge is 2.24. The van der Waals surface area contributed by atoms with Gasteiger partial charge in [0, 0.05) is 37.2 Å². The second kappa shape index (κ2) is 9.45. The van der Waals surface area contributed by atoms with Crippen molar-refractivity contribution in [2.24, 2.45) is 0 Å². The molecule has 0 radical (unpaired) electrons. The number of ether oxygens (including phenoxy) is 1. The van der Waals surface area contributed by atoms with Gasteiger partial charge in [-0.2, -0.15) is 0 Å². The first-order chi connectivity index (χ1) is 14.2. The third kappa shape index (κ3) is 5.19. The molecule has 2 aliphatic rings. The number of hydrogen-bond acceptors (Lipinski definition) is 6. The molecule has 4 rings (SSSR count). The minimum atomic E-state index is -0.0623. The lowest BCUT2D eigenvalue weighted by Crippen LogP contribution is -2.39. The Bertz CT molecular complexity index is 839. The molecule has 4 heterocycles. The Morgan fingerprint density at radius 1 is 1.24 bits per heavy atom. The van der Waals surface area contributed by atoms with Crippen LogP contribution in [0.4, 0.5) is 5.95 Å². The maximum absolute atomic E-state index is 12.2. The second-order valence-corrected chi connectivity index (χ2v) is 7.96. The van der Waals surface area contributed by atoms with Crippen molar-refractivity contribution in [1.82, 2.24) is 19.9 Å². The van der Waals surface area contributed by atoms with E-state index < -0.39 is 0 Å². The molecule has 29 heavy (non-hydrogen) atoms.